The van der Waals surface area contributed by atoms with E-state index in [2.05, 4.69) is 5.32 Å². The fourth-order valence-electron chi connectivity index (χ4n) is 0.942. The van der Waals surface area contributed by atoms with Gasteiger partial charge in [0, 0.05) is 13.0 Å². The van der Waals surface area contributed by atoms with E-state index in [0.717, 1.165) is 0 Å². The SMILES string of the molecule is CNCC(O)C(O)C(O)CC(O)O. The predicted molar refractivity (Wildman–Crippen MR) is 44.8 cm³/mol. The summed E-state index contributed by atoms with van der Waals surface area (Å²) >= 11 is 0. The van der Waals surface area contributed by atoms with Crippen molar-refractivity contribution in [1.29, 1.82) is 0 Å². The number of nitrogens with one attached hydrogen (secondary N) is 1. The summed E-state index contributed by atoms with van der Waals surface area (Å²) in [6.45, 7) is 0.125. The highest BCUT2D eigenvalue weighted by Crippen LogP contribution is 2.05. The van der Waals surface area contributed by atoms with Crippen LogP contribution in [0.3, 0.4) is 0 Å². The molecule has 0 amide bonds. The van der Waals surface area contributed by atoms with Gasteiger partial charge in [0.2, 0.25) is 0 Å². The zero-order chi connectivity index (χ0) is 10.4. The highest BCUT2D eigenvalue weighted by Gasteiger charge is 2.25. The molecule has 0 aliphatic heterocycles. The summed E-state index contributed by atoms with van der Waals surface area (Å²) in [5.41, 5.74) is 0. The Morgan fingerprint density at radius 2 is 1.54 bits per heavy atom. The molecule has 3 atom stereocenters. The van der Waals surface area contributed by atoms with E-state index in [4.69, 9.17) is 20.4 Å². The van der Waals surface area contributed by atoms with Crippen molar-refractivity contribution in [2.45, 2.75) is 31.0 Å². The predicted octanol–water partition coefficient (Wildman–Crippen LogP) is -3.01. The van der Waals surface area contributed by atoms with E-state index >= 15 is 0 Å². The molecule has 0 spiro atoms. The Morgan fingerprint density at radius 1 is 1.00 bits per heavy atom. The molecule has 0 aliphatic rings. The zero-order valence-corrected chi connectivity index (χ0v) is 7.46. The second-order valence-electron chi connectivity index (χ2n) is 2.90. The van der Waals surface area contributed by atoms with Crippen molar-refractivity contribution < 1.29 is 25.5 Å². The topological polar surface area (TPSA) is 113 Å². The maximum absolute atomic E-state index is 9.20. The van der Waals surface area contributed by atoms with Crippen LogP contribution in [0.15, 0.2) is 0 Å². The molecule has 0 aromatic carbocycles. The minimum absolute atomic E-state index is 0.125. The van der Waals surface area contributed by atoms with Gasteiger partial charge in [-0.3, -0.25) is 0 Å². The average Bonchev–Trinajstić information content (AvgIpc) is 2.02. The normalized spacial score (nSPS) is 18.7. The summed E-state index contributed by atoms with van der Waals surface area (Å²) in [5.74, 6) is 0. The van der Waals surface area contributed by atoms with Crippen molar-refractivity contribution in [2.75, 3.05) is 13.6 Å². The van der Waals surface area contributed by atoms with Gasteiger partial charge in [0.05, 0.1) is 12.2 Å². The number of hydrogen-bond donors (Lipinski definition) is 6. The molecule has 0 heterocycles. The molecule has 0 saturated heterocycles. The second-order valence-corrected chi connectivity index (χ2v) is 2.90. The molecule has 80 valence electrons. The van der Waals surface area contributed by atoms with E-state index in [0.29, 0.717) is 0 Å². The summed E-state index contributed by atoms with van der Waals surface area (Å²) in [7, 11) is 1.59. The molecule has 0 fully saturated rings. The molecule has 0 aliphatic carbocycles. The fourth-order valence-corrected chi connectivity index (χ4v) is 0.942. The summed E-state index contributed by atoms with van der Waals surface area (Å²) < 4.78 is 0. The van der Waals surface area contributed by atoms with Gasteiger partial charge in [-0.15, -0.1) is 0 Å². The molecule has 6 N–H and O–H groups in total. The fraction of sp³-hybridized carbons (Fsp3) is 1.00. The van der Waals surface area contributed by atoms with Crippen molar-refractivity contribution in [3.05, 3.63) is 0 Å². The molecule has 6 heteroatoms. The standard InChI is InChI=1S/C7H17NO5/c1-8-3-5(10)7(13)4(9)2-6(11)12/h4-13H,2-3H2,1H3. The van der Waals surface area contributed by atoms with Crippen LogP contribution < -0.4 is 5.32 Å². The Morgan fingerprint density at radius 3 is 1.92 bits per heavy atom. The van der Waals surface area contributed by atoms with E-state index in [1.807, 2.05) is 0 Å². The summed E-state index contributed by atoms with van der Waals surface area (Å²) in [6, 6.07) is 0. The molecule has 0 aromatic rings. The van der Waals surface area contributed by atoms with Crippen LogP contribution in [0.25, 0.3) is 0 Å². The van der Waals surface area contributed by atoms with Gasteiger partial charge in [-0.1, -0.05) is 0 Å². The first-order valence-corrected chi connectivity index (χ1v) is 4.04. The second kappa shape index (κ2) is 6.25. The van der Waals surface area contributed by atoms with E-state index < -0.39 is 24.6 Å². The van der Waals surface area contributed by atoms with Gasteiger partial charge in [-0.05, 0) is 7.05 Å². The largest absolute Gasteiger partial charge is 0.390 e. The molecule has 0 bridgehead atoms. The van der Waals surface area contributed by atoms with Crippen molar-refractivity contribution in [1.82, 2.24) is 5.32 Å². The van der Waals surface area contributed by atoms with E-state index in [1.165, 1.54) is 0 Å². The first-order chi connectivity index (χ1) is 5.99. The average molecular weight is 195 g/mol. The molecule has 0 saturated carbocycles. The number of rotatable bonds is 6. The Kier molecular flexibility index (Phi) is 6.13. The van der Waals surface area contributed by atoms with Crippen LogP contribution in [-0.2, 0) is 0 Å². The summed E-state index contributed by atoms with van der Waals surface area (Å²) in [6.07, 6.45) is -5.93. The third-order valence-electron chi connectivity index (χ3n) is 1.65. The number of aliphatic hydroxyl groups is 5. The van der Waals surface area contributed by atoms with Crippen molar-refractivity contribution >= 4 is 0 Å². The van der Waals surface area contributed by atoms with Crippen LogP contribution in [0, 0.1) is 0 Å². The summed E-state index contributed by atoms with van der Waals surface area (Å²) in [4.78, 5) is 0. The quantitative estimate of drug-likeness (QED) is 0.252. The Bertz CT molecular complexity index is 132. The van der Waals surface area contributed by atoms with Crippen LogP contribution in [0.4, 0.5) is 0 Å². The highest BCUT2D eigenvalue weighted by atomic mass is 16.5. The maximum atomic E-state index is 9.20. The number of hydrogen-bond acceptors (Lipinski definition) is 6. The molecular formula is C7H17NO5. The van der Waals surface area contributed by atoms with Gasteiger partial charge in [0.1, 0.15) is 6.10 Å². The van der Waals surface area contributed by atoms with E-state index in [1.54, 1.807) is 7.05 Å². The molecule has 0 rings (SSSR count). The number of likely N-dealkylation sites (N-methyl/N-ethyl adjacent to an activating group) is 1. The monoisotopic (exact) mass is 195 g/mol. The van der Waals surface area contributed by atoms with Crippen LogP contribution in [0.2, 0.25) is 0 Å². The first-order valence-electron chi connectivity index (χ1n) is 4.04. The minimum Gasteiger partial charge on any atom is -0.390 e. The third-order valence-corrected chi connectivity index (χ3v) is 1.65. The van der Waals surface area contributed by atoms with Crippen LogP contribution in [0.5, 0.6) is 0 Å². The lowest BCUT2D eigenvalue weighted by atomic mass is 10.1. The summed E-state index contributed by atoms with van der Waals surface area (Å²) in [5, 5.41) is 47.0. The van der Waals surface area contributed by atoms with E-state index in [9.17, 15) is 5.11 Å². The number of aliphatic hydroxyl groups excluding tert-OH is 4. The minimum atomic E-state index is -1.69. The lowest BCUT2D eigenvalue weighted by Gasteiger charge is -2.23. The lowest BCUT2D eigenvalue weighted by molar-refractivity contribution is -0.113. The van der Waals surface area contributed by atoms with Crippen molar-refractivity contribution in [3.8, 4) is 0 Å². The van der Waals surface area contributed by atoms with Crippen molar-refractivity contribution in [2.24, 2.45) is 0 Å². The van der Waals surface area contributed by atoms with Gasteiger partial charge in [-0.25, -0.2) is 0 Å². The maximum Gasteiger partial charge on any atom is 0.154 e. The van der Waals surface area contributed by atoms with Gasteiger partial charge >= 0.3 is 0 Å². The van der Waals surface area contributed by atoms with Crippen LogP contribution >= 0.6 is 0 Å². The van der Waals surface area contributed by atoms with Crippen LogP contribution in [0.1, 0.15) is 6.42 Å². The molecule has 3 unspecified atom stereocenters. The van der Waals surface area contributed by atoms with Gasteiger partial charge in [0.25, 0.3) is 0 Å². The van der Waals surface area contributed by atoms with Gasteiger partial charge in [-0.2, -0.15) is 0 Å². The highest BCUT2D eigenvalue weighted by molar-refractivity contribution is 4.76. The Hall–Kier alpha value is -0.240. The first kappa shape index (κ1) is 12.8. The lowest BCUT2D eigenvalue weighted by Crippen LogP contribution is -2.43. The third kappa shape index (κ3) is 5.14. The molecular weight excluding hydrogens is 178 g/mol. The Labute approximate surface area is 76.4 Å². The van der Waals surface area contributed by atoms with Gasteiger partial charge < -0.3 is 30.8 Å². The molecule has 0 aromatic heterocycles. The molecule has 6 nitrogen and oxygen atoms in total. The molecule has 0 radical (unpaired) electrons. The van der Waals surface area contributed by atoms with Gasteiger partial charge in [0.15, 0.2) is 6.29 Å². The zero-order valence-electron chi connectivity index (χ0n) is 7.46. The van der Waals surface area contributed by atoms with Crippen molar-refractivity contribution in [3.63, 3.8) is 0 Å². The molecule has 13 heavy (non-hydrogen) atoms. The smallest absolute Gasteiger partial charge is 0.154 e. The Balaban J connectivity index is 3.85. The van der Waals surface area contributed by atoms with Crippen LogP contribution in [-0.4, -0.2) is 63.7 Å². The van der Waals surface area contributed by atoms with E-state index in [-0.39, 0.29) is 13.0 Å².